The Morgan fingerprint density at radius 3 is 2.62 bits per heavy atom. The normalized spacial score (nSPS) is 14.4. The highest BCUT2D eigenvalue weighted by Crippen LogP contribution is 2.30. The Bertz CT molecular complexity index is 711. The van der Waals surface area contributed by atoms with Crippen LogP contribution in [0.3, 0.4) is 0 Å². The Labute approximate surface area is 154 Å². The number of fused-ring (bicyclic) bond motifs is 1. The second-order valence-electron chi connectivity index (χ2n) is 6.16. The summed E-state index contributed by atoms with van der Waals surface area (Å²) in [5.74, 6) is 2.27. The first-order chi connectivity index (χ1) is 12.7. The van der Waals surface area contributed by atoms with Gasteiger partial charge in [-0.25, -0.2) is 0 Å². The zero-order valence-electron chi connectivity index (χ0n) is 15.4. The number of carbonyl (C=O) groups is 1. The van der Waals surface area contributed by atoms with Crippen LogP contribution in [-0.2, 0) is 0 Å². The Kier molecular flexibility index (Phi) is 6.30. The van der Waals surface area contributed by atoms with Gasteiger partial charge in [-0.15, -0.1) is 0 Å². The van der Waals surface area contributed by atoms with E-state index in [9.17, 15) is 4.79 Å². The lowest BCUT2D eigenvalue weighted by atomic mass is 10.1. The number of carbonyl (C=O) groups excluding carboxylic acids is 1. The van der Waals surface area contributed by atoms with E-state index in [1.54, 1.807) is 24.5 Å². The predicted molar refractivity (Wildman–Crippen MR) is 99.0 cm³/mol. The molecule has 1 N–H and O–H groups in total. The Balaban J connectivity index is 1.59. The van der Waals surface area contributed by atoms with E-state index in [0.717, 1.165) is 18.8 Å². The monoisotopic (exact) mass is 358 g/mol. The lowest BCUT2D eigenvalue weighted by Crippen LogP contribution is -2.37. The van der Waals surface area contributed by atoms with Gasteiger partial charge in [-0.05, 0) is 43.4 Å². The molecular formula is C20H26N2O4. The summed E-state index contributed by atoms with van der Waals surface area (Å²) in [6, 6.07) is 9.31. The van der Waals surface area contributed by atoms with Gasteiger partial charge < -0.3 is 19.2 Å². The van der Waals surface area contributed by atoms with Gasteiger partial charge in [-0.1, -0.05) is 13.8 Å². The Hall–Kier alpha value is -2.31. The number of ether oxygens (including phenoxy) is 2. The molecule has 2 aromatic rings. The van der Waals surface area contributed by atoms with Crippen LogP contribution in [0.4, 0.5) is 0 Å². The molecule has 0 amide bonds. The average molecular weight is 358 g/mol. The smallest absolute Gasteiger partial charge is 0.176 e. The molecule has 0 bridgehead atoms. The molecule has 3 rings (SSSR count). The van der Waals surface area contributed by atoms with E-state index >= 15 is 0 Å². The standard InChI is InChI=1S/C20H26N2O4/c1-3-22(4-2)16(18-6-5-9-24-18)13-21-14-17(23)15-7-8-19-20(12-15)26-11-10-25-19/h5-9,12,16,21H,3-4,10-11,13-14H2,1-2H3. The zero-order chi connectivity index (χ0) is 18.4. The maximum Gasteiger partial charge on any atom is 0.176 e. The van der Waals surface area contributed by atoms with Crippen molar-refractivity contribution in [2.75, 3.05) is 39.4 Å². The highest BCUT2D eigenvalue weighted by Gasteiger charge is 2.21. The molecule has 1 aliphatic rings. The van der Waals surface area contributed by atoms with Gasteiger partial charge in [0, 0.05) is 12.1 Å². The third-order valence-electron chi connectivity index (χ3n) is 4.61. The molecule has 0 saturated carbocycles. The summed E-state index contributed by atoms with van der Waals surface area (Å²) in [4.78, 5) is 14.8. The number of nitrogens with one attached hydrogen (secondary N) is 1. The minimum absolute atomic E-state index is 0.0275. The van der Waals surface area contributed by atoms with Crippen molar-refractivity contribution in [2.24, 2.45) is 0 Å². The molecule has 1 aromatic heterocycles. The number of rotatable bonds is 9. The van der Waals surface area contributed by atoms with Crippen molar-refractivity contribution < 1.29 is 18.7 Å². The van der Waals surface area contributed by atoms with Crippen molar-refractivity contribution in [2.45, 2.75) is 19.9 Å². The largest absolute Gasteiger partial charge is 0.486 e. The number of likely N-dealkylation sites (N-methyl/N-ethyl adjacent to an activating group) is 1. The fourth-order valence-electron chi connectivity index (χ4n) is 3.20. The van der Waals surface area contributed by atoms with E-state index in [1.165, 1.54) is 0 Å². The molecule has 0 fully saturated rings. The van der Waals surface area contributed by atoms with Gasteiger partial charge in [-0.2, -0.15) is 0 Å². The van der Waals surface area contributed by atoms with E-state index in [2.05, 4.69) is 24.1 Å². The molecule has 0 radical (unpaired) electrons. The summed E-state index contributed by atoms with van der Waals surface area (Å²) in [5.41, 5.74) is 0.624. The summed E-state index contributed by atoms with van der Waals surface area (Å²) in [6.45, 7) is 8.04. The molecule has 0 saturated heterocycles. The topological polar surface area (TPSA) is 63.9 Å². The number of ketones is 1. The van der Waals surface area contributed by atoms with Crippen molar-refractivity contribution in [1.82, 2.24) is 10.2 Å². The molecular weight excluding hydrogens is 332 g/mol. The van der Waals surface area contributed by atoms with Gasteiger partial charge >= 0.3 is 0 Å². The molecule has 6 heteroatoms. The zero-order valence-corrected chi connectivity index (χ0v) is 15.4. The van der Waals surface area contributed by atoms with Crippen molar-refractivity contribution >= 4 is 5.78 Å². The fourth-order valence-corrected chi connectivity index (χ4v) is 3.20. The van der Waals surface area contributed by atoms with Gasteiger partial charge in [0.05, 0.1) is 18.8 Å². The Morgan fingerprint density at radius 1 is 1.15 bits per heavy atom. The highest BCUT2D eigenvalue weighted by atomic mass is 16.6. The maximum atomic E-state index is 12.5. The number of hydrogen-bond acceptors (Lipinski definition) is 6. The molecule has 1 aliphatic heterocycles. The molecule has 0 spiro atoms. The molecule has 6 nitrogen and oxygen atoms in total. The van der Waals surface area contributed by atoms with Crippen LogP contribution in [0.5, 0.6) is 11.5 Å². The van der Waals surface area contributed by atoms with Crippen molar-refractivity contribution in [3.8, 4) is 11.5 Å². The number of furan rings is 1. The van der Waals surface area contributed by atoms with Crippen molar-refractivity contribution in [3.63, 3.8) is 0 Å². The summed E-state index contributed by atoms with van der Waals surface area (Å²) < 4.78 is 16.6. The lowest BCUT2D eigenvalue weighted by Gasteiger charge is -2.28. The van der Waals surface area contributed by atoms with Crippen molar-refractivity contribution in [3.05, 3.63) is 47.9 Å². The van der Waals surface area contributed by atoms with Crippen LogP contribution in [0, 0.1) is 0 Å². The first-order valence-corrected chi connectivity index (χ1v) is 9.14. The summed E-state index contributed by atoms with van der Waals surface area (Å²) in [5, 5.41) is 3.28. The molecule has 2 heterocycles. The molecule has 26 heavy (non-hydrogen) atoms. The Morgan fingerprint density at radius 2 is 1.92 bits per heavy atom. The summed E-state index contributed by atoms with van der Waals surface area (Å²) >= 11 is 0. The average Bonchev–Trinajstić information content (AvgIpc) is 3.21. The molecule has 1 unspecified atom stereocenters. The predicted octanol–water partition coefficient (Wildman–Crippen LogP) is 2.91. The summed E-state index contributed by atoms with van der Waals surface area (Å²) in [7, 11) is 0. The maximum absolute atomic E-state index is 12.5. The third kappa shape index (κ3) is 4.26. The quantitative estimate of drug-likeness (QED) is 0.696. The number of hydrogen-bond donors (Lipinski definition) is 1. The minimum Gasteiger partial charge on any atom is -0.486 e. The van der Waals surface area contributed by atoms with Crippen LogP contribution >= 0.6 is 0 Å². The van der Waals surface area contributed by atoms with E-state index in [-0.39, 0.29) is 18.4 Å². The second-order valence-corrected chi connectivity index (χ2v) is 6.16. The van der Waals surface area contributed by atoms with Gasteiger partial charge in [0.2, 0.25) is 0 Å². The molecule has 1 atom stereocenters. The van der Waals surface area contributed by atoms with E-state index in [4.69, 9.17) is 13.9 Å². The van der Waals surface area contributed by atoms with Crippen LogP contribution in [0.15, 0.2) is 41.0 Å². The van der Waals surface area contributed by atoms with Gasteiger partial charge in [-0.3, -0.25) is 9.69 Å². The van der Waals surface area contributed by atoms with E-state index in [1.807, 2.05) is 12.1 Å². The van der Waals surface area contributed by atoms with Crippen LogP contribution in [0.1, 0.15) is 36.0 Å². The van der Waals surface area contributed by atoms with Gasteiger partial charge in [0.15, 0.2) is 17.3 Å². The molecule has 0 aliphatic carbocycles. The van der Waals surface area contributed by atoms with E-state index in [0.29, 0.717) is 36.8 Å². The first kappa shape index (κ1) is 18.5. The van der Waals surface area contributed by atoms with Gasteiger partial charge in [0.1, 0.15) is 19.0 Å². The fraction of sp³-hybridized carbons (Fsp3) is 0.450. The number of Topliss-reactive ketones (excluding diaryl/α,β-unsaturated/α-hetero) is 1. The highest BCUT2D eigenvalue weighted by molar-refractivity contribution is 5.98. The van der Waals surface area contributed by atoms with Gasteiger partial charge in [0.25, 0.3) is 0 Å². The number of benzene rings is 1. The number of nitrogens with zero attached hydrogens (tertiary/aromatic N) is 1. The van der Waals surface area contributed by atoms with Crippen molar-refractivity contribution in [1.29, 1.82) is 0 Å². The van der Waals surface area contributed by atoms with Crippen LogP contribution in [0.2, 0.25) is 0 Å². The molecule has 1 aromatic carbocycles. The third-order valence-corrected chi connectivity index (χ3v) is 4.61. The SMILES string of the molecule is CCN(CC)C(CNCC(=O)c1ccc2c(c1)OCCO2)c1ccco1. The van der Waals surface area contributed by atoms with Crippen LogP contribution in [-0.4, -0.2) is 50.1 Å². The van der Waals surface area contributed by atoms with E-state index < -0.39 is 0 Å². The first-order valence-electron chi connectivity index (χ1n) is 9.14. The molecule has 140 valence electrons. The minimum atomic E-state index is 0.0275. The van der Waals surface area contributed by atoms with Crippen LogP contribution < -0.4 is 14.8 Å². The van der Waals surface area contributed by atoms with Crippen LogP contribution in [0.25, 0.3) is 0 Å². The summed E-state index contributed by atoms with van der Waals surface area (Å²) in [6.07, 6.45) is 1.69. The second kappa shape index (κ2) is 8.87. The lowest BCUT2D eigenvalue weighted by molar-refractivity contribution is 0.0984.